The predicted molar refractivity (Wildman–Crippen MR) is 92.7 cm³/mol. The maximum Gasteiger partial charge on any atom is 0.257 e. The average Bonchev–Trinajstić information content (AvgIpc) is 3.11. The zero-order valence-electron chi connectivity index (χ0n) is 13.3. The molecule has 6 heteroatoms. The molecule has 1 fully saturated rings. The fourth-order valence-corrected chi connectivity index (χ4v) is 3.38. The zero-order chi connectivity index (χ0) is 16.9. The molecule has 5 nitrogen and oxygen atoms in total. The topological polar surface area (TPSA) is 59.3 Å². The van der Waals surface area contributed by atoms with Crippen LogP contribution in [0.2, 0.25) is 5.02 Å². The minimum absolute atomic E-state index is 0.0354. The Morgan fingerprint density at radius 2 is 2.00 bits per heavy atom. The summed E-state index contributed by atoms with van der Waals surface area (Å²) in [5.74, 6) is -0.253. The van der Waals surface area contributed by atoms with Gasteiger partial charge in [0.2, 0.25) is 0 Å². The minimum Gasteiger partial charge on any atom is -0.619 e. The number of likely N-dealkylation sites (tertiary alicyclic amines) is 1. The molecule has 0 bridgehead atoms. The van der Waals surface area contributed by atoms with Gasteiger partial charge in [-0.05, 0) is 43.6 Å². The first-order valence-corrected chi connectivity index (χ1v) is 8.48. The Kier molecular flexibility index (Phi) is 5.33. The monoisotopic (exact) mass is 345 g/mol. The van der Waals surface area contributed by atoms with Crippen LogP contribution in [0.25, 0.3) is 0 Å². The summed E-state index contributed by atoms with van der Waals surface area (Å²) in [6.45, 7) is 2.45. The molecule has 1 aliphatic rings. The SMILES string of the molecule is O=C(NC[C@@H](c1ccccc1Cl)N1CCCC1)c1ccc[n+]([O-])c1. The van der Waals surface area contributed by atoms with E-state index in [1.165, 1.54) is 12.4 Å². The van der Waals surface area contributed by atoms with Crippen LogP contribution in [0.5, 0.6) is 0 Å². The number of carbonyl (C=O) groups is 1. The van der Waals surface area contributed by atoms with Crippen molar-refractivity contribution in [3.63, 3.8) is 0 Å². The van der Waals surface area contributed by atoms with Crippen LogP contribution in [-0.2, 0) is 0 Å². The molecule has 24 heavy (non-hydrogen) atoms. The Morgan fingerprint density at radius 1 is 1.25 bits per heavy atom. The van der Waals surface area contributed by atoms with Gasteiger partial charge in [-0.3, -0.25) is 9.69 Å². The van der Waals surface area contributed by atoms with Crippen LogP contribution in [0.15, 0.2) is 48.8 Å². The van der Waals surface area contributed by atoms with Crippen molar-refractivity contribution >= 4 is 17.5 Å². The van der Waals surface area contributed by atoms with E-state index in [9.17, 15) is 10.0 Å². The molecule has 126 valence electrons. The van der Waals surface area contributed by atoms with Gasteiger partial charge in [0.25, 0.3) is 5.91 Å². The Labute approximate surface area is 146 Å². The smallest absolute Gasteiger partial charge is 0.257 e. The van der Waals surface area contributed by atoms with E-state index in [1.807, 2.05) is 24.3 Å². The van der Waals surface area contributed by atoms with Crippen molar-refractivity contribution in [1.82, 2.24) is 10.2 Å². The highest BCUT2D eigenvalue weighted by molar-refractivity contribution is 6.31. The van der Waals surface area contributed by atoms with E-state index in [1.54, 1.807) is 12.1 Å². The Balaban J connectivity index is 1.75. The highest BCUT2D eigenvalue weighted by Gasteiger charge is 2.25. The van der Waals surface area contributed by atoms with Gasteiger partial charge in [-0.2, -0.15) is 4.73 Å². The van der Waals surface area contributed by atoms with Crippen molar-refractivity contribution in [2.75, 3.05) is 19.6 Å². The number of carbonyl (C=O) groups excluding carboxylic acids is 1. The molecule has 1 amide bonds. The van der Waals surface area contributed by atoms with Crippen LogP contribution in [-0.4, -0.2) is 30.4 Å². The maximum absolute atomic E-state index is 12.3. The third-order valence-electron chi connectivity index (χ3n) is 4.34. The first-order chi connectivity index (χ1) is 11.6. The number of hydrogen-bond acceptors (Lipinski definition) is 3. The number of amides is 1. The molecule has 1 atom stereocenters. The molecule has 0 spiro atoms. The van der Waals surface area contributed by atoms with Gasteiger partial charge in [-0.25, -0.2) is 0 Å². The molecule has 0 unspecified atom stereocenters. The molecule has 1 aromatic heterocycles. The van der Waals surface area contributed by atoms with Crippen LogP contribution in [0, 0.1) is 5.21 Å². The number of nitrogens with zero attached hydrogens (tertiary/aromatic N) is 2. The second-order valence-corrected chi connectivity index (χ2v) is 6.35. The summed E-state index contributed by atoms with van der Waals surface area (Å²) in [6, 6.07) is 11.0. The molecular formula is C18H20ClN3O2. The fourth-order valence-electron chi connectivity index (χ4n) is 3.11. The molecule has 1 aliphatic heterocycles. The summed E-state index contributed by atoms with van der Waals surface area (Å²) in [6.07, 6.45) is 4.94. The predicted octanol–water partition coefficient (Wildman–Crippen LogP) is 2.54. The Hall–Kier alpha value is -2.11. The number of nitrogens with one attached hydrogen (secondary N) is 1. The van der Waals surface area contributed by atoms with Gasteiger partial charge < -0.3 is 10.5 Å². The van der Waals surface area contributed by atoms with E-state index in [2.05, 4.69) is 10.2 Å². The highest BCUT2D eigenvalue weighted by atomic mass is 35.5. The van der Waals surface area contributed by atoms with E-state index in [-0.39, 0.29) is 11.9 Å². The lowest BCUT2D eigenvalue weighted by Gasteiger charge is -2.28. The Bertz CT molecular complexity index is 717. The second-order valence-electron chi connectivity index (χ2n) is 5.94. The average molecular weight is 346 g/mol. The number of benzene rings is 1. The number of pyridine rings is 1. The van der Waals surface area contributed by atoms with Crippen LogP contribution < -0.4 is 10.0 Å². The molecule has 3 rings (SSSR count). The normalized spacial score (nSPS) is 16.0. The van der Waals surface area contributed by atoms with E-state index < -0.39 is 0 Å². The lowest BCUT2D eigenvalue weighted by atomic mass is 10.1. The molecule has 2 aromatic rings. The first-order valence-electron chi connectivity index (χ1n) is 8.10. The molecule has 1 saturated heterocycles. The van der Waals surface area contributed by atoms with Crippen molar-refractivity contribution in [2.45, 2.75) is 18.9 Å². The van der Waals surface area contributed by atoms with Crippen molar-refractivity contribution in [3.8, 4) is 0 Å². The van der Waals surface area contributed by atoms with Gasteiger partial charge >= 0.3 is 0 Å². The van der Waals surface area contributed by atoms with Crippen molar-refractivity contribution < 1.29 is 9.52 Å². The quantitative estimate of drug-likeness (QED) is 0.669. The van der Waals surface area contributed by atoms with Gasteiger partial charge in [0.15, 0.2) is 12.4 Å². The van der Waals surface area contributed by atoms with E-state index in [0.717, 1.165) is 31.5 Å². The third kappa shape index (κ3) is 3.86. The summed E-state index contributed by atoms with van der Waals surface area (Å²) in [7, 11) is 0. The number of aromatic nitrogens is 1. The largest absolute Gasteiger partial charge is 0.619 e. The summed E-state index contributed by atoms with van der Waals surface area (Å²) in [5.41, 5.74) is 1.38. The van der Waals surface area contributed by atoms with Crippen molar-refractivity contribution in [2.24, 2.45) is 0 Å². The van der Waals surface area contributed by atoms with Crippen LogP contribution in [0.3, 0.4) is 0 Å². The molecule has 0 saturated carbocycles. The fraction of sp³-hybridized carbons (Fsp3) is 0.333. The minimum atomic E-state index is -0.253. The van der Waals surface area contributed by atoms with E-state index >= 15 is 0 Å². The van der Waals surface area contributed by atoms with Crippen LogP contribution >= 0.6 is 11.6 Å². The number of halogens is 1. The Morgan fingerprint density at radius 3 is 2.71 bits per heavy atom. The lowest BCUT2D eigenvalue weighted by Crippen LogP contribution is -2.37. The summed E-state index contributed by atoms with van der Waals surface area (Å²) in [5, 5.41) is 15.0. The van der Waals surface area contributed by atoms with Crippen LogP contribution in [0.1, 0.15) is 34.8 Å². The molecule has 0 radical (unpaired) electrons. The van der Waals surface area contributed by atoms with E-state index in [0.29, 0.717) is 21.9 Å². The van der Waals surface area contributed by atoms with Gasteiger partial charge in [0.1, 0.15) is 5.56 Å². The number of hydrogen-bond donors (Lipinski definition) is 1. The first kappa shape index (κ1) is 16.7. The molecule has 1 N–H and O–H groups in total. The molecule has 1 aromatic carbocycles. The standard InChI is InChI=1S/C18H20ClN3O2/c19-16-8-2-1-7-15(16)17(21-9-3-4-10-21)12-20-18(23)14-6-5-11-22(24)13-14/h1-2,5-8,11,13,17H,3-4,9-10,12H2,(H,20,23)/t17-/m0/s1. The van der Waals surface area contributed by atoms with Gasteiger partial charge in [0.05, 0.1) is 6.04 Å². The lowest BCUT2D eigenvalue weighted by molar-refractivity contribution is -0.605. The second kappa shape index (κ2) is 7.64. The summed E-state index contributed by atoms with van der Waals surface area (Å²) in [4.78, 5) is 14.7. The van der Waals surface area contributed by atoms with Gasteiger partial charge in [0, 0.05) is 17.6 Å². The van der Waals surface area contributed by atoms with Crippen molar-refractivity contribution in [1.29, 1.82) is 0 Å². The third-order valence-corrected chi connectivity index (χ3v) is 4.68. The zero-order valence-corrected chi connectivity index (χ0v) is 14.1. The molecule has 2 heterocycles. The molecule has 0 aliphatic carbocycles. The highest BCUT2D eigenvalue weighted by Crippen LogP contribution is 2.29. The maximum atomic E-state index is 12.3. The van der Waals surface area contributed by atoms with Crippen molar-refractivity contribution in [3.05, 3.63) is 70.1 Å². The summed E-state index contributed by atoms with van der Waals surface area (Å²) >= 11 is 6.37. The molecular weight excluding hydrogens is 326 g/mol. The van der Waals surface area contributed by atoms with Gasteiger partial charge in [-0.15, -0.1) is 0 Å². The summed E-state index contributed by atoms with van der Waals surface area (Å²) < 4.78 is 0.626. The number of rotatable bonds is 5. The van der Waals surface area contributed by atoms with Crippen LogP contribution in [0.4, 0.5) is 0 Å². The van der Waals surface area contributed by atoms with Gasteiger partial charge in [-0.1, -0.05) is 29.8 Å². The van der Waals surface area contributed by atoms with E-state index in [4.69, 9.17) is 11.6 Å².